The van der Waals surface area contributed by atoms with Gasteiger partial charge in [0.2, 0.25) is 5.91 Å². The summed E-state index contributed by atoms with van der Waals surface area (Å²) in [6, 6.07) is 5.06. The molecule has 4 nitrogen and oxygen atoms in total. The molecular weight excluding hydrogens is 273 g/mol. The highest BCUT2D eigenvalue weighted by molar-refractivity contribution is 5.98. The van der Waals surface area contributed by atoms with Gasteiger partial charge >= 0.3 is 6.36 Å². The van der Waals surface area contributed by atoms with Crippen molar-refractivity contribution in [2.45, 2.75) is 38.6 Å². The predicted molar refractivity (Wildman–Crippen MR) is 69.3 cm³/mol. The number of halogens is 3. The Morgan fingerprint density at radius 3 is 2.40 bits per heavy atom. The van der Waals surface area contributed by atoms with Gasteiger partial charge in [0.15, 0.2) is 0 Å². The van der Waals surface area contributed by atoms with Crippen LogP contribution in [-0.2, 0) is 4.79 Å². The van der Waals surface area contributed by atoms with Gasteiger partial charge in [0.25, 0.3) is 0 Å². The second kappa shape index (κ2) is 6.13. The molecule has 0 heterocycles. The lowest BCUT2D eigenvalue weighted by molar-refractivity contribution is -0.274. The van der Waals surface area contributed by atoms with Gasteiger partial charge in [-0.3, -0.25) is 4.79 Å². The Kier molecular flexibility index (Phi) is 4.99. The molecular formula is C13H17F3N2O2. The van der Waals surface area contributed by atoms with Crippen molar-refractivity contribution in [2.75, 3.05) is 5.32 Å². The fraction of sp³-hybridized carbons (Fsp3) is 0.462. The third-order valence-electron chi connectivity index (χ3n) is 3.04. The van der Waals surface area contributed by atoms with Gasteiger partial charge in [-0.2, -0.15) is 0 Å². The molecule has 0 unspecified atom stereocenters. The number of carbonyl (C=O) groups is 1. The Balaban J connectivity index is 2.84. The normalized spacial score (nSPS) is 12.1. The van der Waals surface area contributed by atoms with Gasteiger partial charge in [-0.25, -0.2) is 0 Å². The van der Waals surface area contributed by atoms with Crippen LogP contribution in [0, 0.1) is 0 Å². The van der Waals surface area contributed by atoms with E-state index in [0.29, 0.717) is 12.8 Å². The van der Waals surface area contributed by atoms with Crippen LogP contribution in [0.1, 0.15) is 26.7 Å². The Morgan fingerprint density at radius 1 is 1.30 bits per heavy atom. The molecule has 1 amide bonds. The zero-order valence-corrected chi connectivity index (χ0v) is 11.3. The van der Waals surface area contributed by atoms with E-state index in [4.69, 9.17) is 5.73 Å². The fourth-order valence-corrected chi connectivity index (χ4v) is 1.60. The zero-order chi connectivity index (χ0) is 15.4. The Labute approximate surface area is 115 Å². The summed E-state index contributed by atoms with van der Waals surface area (Å²) in [7, 11) is 0. The van der Waals surface area contributed by atoms with Gasteiger partial charge in [-0.15, -0.1) is 13.2 Å². The van der Waals surface area contributed by atoms with Crippen molar-refractivity contribution in [2.24, 2.45) is 5.73 Å². The van der Waals surface area contributed by atoms with E-state index in [9.17, 15) is 18.0 Å². The summed E-state index contributed by atoms with van der Waals surface area (Å²) in [4.78, 5) is 12.0. The molecule has 0 spiro atoms. The Morgan fingerprint density at radius 2 is 1.90 bits per heavy atom. The van der Waals surface area contributed by atoms with Crippen LogP contribution < -0.4 is 15.8 Å². The summed E-state index contributed by atoms with van der Waals surface area (Å²) >= 11 is 0. The van der Waals surface area contributed by atoms with Crippen molar-refractivity contribution < 1.29 is 22.7 Å². The number of benzene rings is 1. The maximum atomic E-state index is 12.1. The van der Waals surface area contributed by atoms with Gasteiger partial charge in [0.1, 0.15) is 5.75 Å². The van der Waals surface area contributed by atoms with Crippen LogP contribution in [-0.4, -0.2) is 17.8 Å². The van der Waals surface area contributed by atoms with E-state index in [2.05, 4.69) is 10.1 Å². The van der Waals surface area contributed by atoms with Gasteiger partial charge in [-0.1, -0.05) is 19.9 Å². The fourth-order valence-electron chi connectivity index (χ4n) is 1.60. The van der Waals surface area contributed by atoms with Gasteiger partial charge < -0.3 is 15.8 Å². The first kappa shape index (κ1) is 16.3. The molecule has 0 atom stereocenters. The number of nitrogens with one attached hydrogen (secondary N) is 1. The van der Waals surface area contributed by atoms with Gasteiger partial charge in [0.05, 0.1) is 5.54 Å². The maximum Gasteiger partial charge on any atom is 0.573 e. The number of hydrogen-bond acceptors (Lipinski definition) is 3. The van der Waals surface area contributed by atoms with E-state index in [1.54, 1.807) is 13.8 Å². The summed E-state index contributed by atoms with van der Waals surface area (Å²) in [6.07, 6.45) is -3.92. The van der Waals surface area contributed by atoms with E-state index < -0.39 is 23.6 Å². The standard InChI is InChI=1S/C13H17F3N2O2/c1-3-12(17,4-2)11(19)18-9-6-5-7-10(8-9)20-13(14,15)16/h5-8H,3-4,17H2,1-2H3,(H,18,19). The van der Waals surface area contributed by atoms with Gasteiger partial charge in [0, 0.05) is 11.8 Å². The molecule has 20 heavy (non-hydrogen) atoms. The molecule has 0 bridgehead atoms. The van der Waals surface area contributed by atoms with Crippen LogP contribution in [0.25, 0.3) is 0 Å². The molecule has 1 aromatic rings. The number of ether oxygens (including phenoxy) is 1. The number of anilines is 1. The lowest BCUT2D eigenvalue weighted by Crippen LogP contribution is -2.50. The molecule has 0 saturated heterocycles. The van der Waals surface area contributed by atoms with Crippen molar-refractivity contribution >= 4 is 11.6 Å². The number of rotatable bonds is 5. The highest BCUT2D eigenvalue weighted by atomic mass is 19.4. The van der Waals surface area contributed by atoms with Crippen molar-refractivity contribution in [3.63, 3.8) is 0 Å². The first-order valence-electron chi connectivity index (χ1n) is 6.16. The lowest BCUT2D eigenvalue weighted by atomic mass is 9.93. The van der Waals surface area contributed by atoms with Crippen LogP contribution >= 0.6 is 0 Å². The smallest absolute Gasteiger partial charge is 0.406 e. The highest BCUT2D eigenvalue weighted by Crippen LogP contribution is 2.25. The molecule has 112 valence electrons. The summed E-state index contributed by atoms with van der Waals surface area (Å²) < 4.78 is 40.1. The molecule has 0 aromatic heterocycles. The molecule has 7 heteroatoms. The minimum atomic E-state index is -4.77. The second-order valence-electron chi connectivity index (χ2n) is 4.39. The monoisotopic (exact) mass is 290 g/mol. The molecule has 3 N–H and O–H groups in total. The molecule has 0 radical (unpaired) electrons. The number of hydrogen-bond donors (Lipinski definition) is 2. The molecule has 0 aliphatic rings. The average molecular weight is 290 g/mol. The van der Waals surface area contributed by atoms with Gasteiger partial charge in [-0.05, 0) is 25.0 Å². The molecule has 0 aliphatic heterocycles. The summed E-state index contributed by atoms with van der Waals surface area (Å²) in [5.41, 5.74) is 5.07. The second-order valence-corrected chi connectivity index (χ2v) is 4.39. The lowest BCUT2D eigenvalue weighted by Gasteiger charge is -2.25. The van der Waals surface area contributed by atoms with Crippen LogP contribution in [0.3, 0.4) is 0 Å². The van der Waals surface area contributed by atoms with Crippen molar-refractivity contribution in [3.8, 4) is 5.75 Å². The zero-order valence-electron chi connectivity index (χ0n) is 11.3. The third-order valence-corrected chi connectivity index (χ3v) is 3.04. The molecule has 0 saturated carbocycles. The van der Waals surface area contributed by atoms with Crippen LogP contribution in [0.2, 0.25) is 0 Å². The minimum absolute atomic E-state index is 0.202. The Hall–Kier alpha value is -1.76. The SMILES string of the molecule is CCC(N)(CC)C(=O)Nc1cccc(OC(F)(F)F)c1. The quantitative estimate of drug-likeness (QED) is 0.876. The molecule has 1 rings (SSSR count). The molecule has 1 aromatic carbocycles. The first-order chi connectivity index (χ1) is 9.20. The van der Waals surface area contributed by atoms with E-state index in [1.807, 2.05) is 0 Å². The average Bonchev–Trinajstić information content (AvgIpc) is 2.36. The largest absolute Gasteiger partial charge is 0.573 e. The van der Waals surface area contributed by atoms with Crippen molar-refractivity contribution in [3.05, 3.63) is 24.3 Å². The van der Waals surface area contributed by atoms with Crippen LogP contribution in [0.5, 0.6) is 5.75 Å². The highest BCUT2D eigenvalue weighted by Gasteiger charge is 2.32. The summed E-state index contributed by atoms with van der Waals surface area (Å²) in [6.45, 7) is 3.54. The number of amides is 1. The number of carbonyl (C=O) groups excluding carboxylic acids is 1. The van der Waals surface area contributed by atoms with Crippen molar-refractivity contribution in [1.82, 2.24) is 0 Å². The third kappa shape index (κ3) is 4.41. The van der Waals surface area contributed by atoms with Crippen LogP contribution in [0.15, 0.2) is 24.3 Å². The Bertz CT molecular complexity index is 471. The van der Waals surface area contributed by atoms with E-state index in [1.165, 1.54) is 12.1 Å². The van der Waals surface area contributed by atoms with E-state index >= 15 is 0 Å². The number of nitrogens with two attached hydrogens (primary N) is 1. The molecule has 0 fully saturated rings. The number of alkyl halides is 3. The van der Waals surface area contributed by atoms with E-state index in [-0.39, 0.29) is 5.69 Å². The maximum absolute atomic E-state index is 12.1. The minimum Gasteiger partial charge on any atom is -0.406 e. The molecule has 0 aliphatic carbocycles. The van der Waals surface area contributed by atoms with E-state index in [0.717, 1.165) is 12.1 Å². The van der Waals surface area contributed by atoms with Crippen molar-refractivity contribution in [1.29, 1.82) is 0 Å². The predicted octanol–water partition coefficient (Wildman–Crippen LogP) is 3.04. The first-order valence-corrected chi connectivity index (χ1v) is 6.16. The summed E-state index contributed by atoms with van der Waals surface area (Å²) in [5, 5.41) is 2.50. The van der Waals surface area contributed by atoms with Crippen LogP contribution in [0.4, 0.5) is 18.9 Å². The topological polar surface area (TPSA) is 64.4 Å². The summed E-state index contributed by atoms with van der Waals surface area (Å²) in [5.74, 6) is -0.836.